The van der Waals surface area contributed by atoms with Crippen LogP contribution in [0.4, 0.5) is 0 Å². The van der Waals surface area contributed by atoms with Crippen molar-refractivity contribution < 1.29 is 14.7 Å². The van der Waals surface area contributed by atoms with E-state index in [9.17, 15) is 9.59 Å². The van der Waals surface area contributed by atoms with Gasteiger partial charge in [0.25, 0.3) is 0 Å². The molecule has 0 aliphatic carbocycles. The van der Waals surface area contributed by atoms with Gasteiger partial charge in [-0.2, -0.15) is 0 Å². The van der Waals surface area contributed by atoms with E-state index in [1.807, 2.05) is 20.8 Å². The highest BCUT2D eigenvalue weighted by atomic mass is 16.3. The van der Waals surface area contributed by atoms with Gasteiger partial charge in [-0.1, -0.05) is 0 Å². The van der Waals surface area contributed by atoms with Gasteiger partial charge in [-0.25, -0.2) is 0 Å². The van der Waals surface area contributed by atoms with E-state index in [1.165, 1.54) is 4.90 Å². The second-order valence-corrected chi connectivity index (χ2v) is 5.23. The fourth-order valence-corrected chi connectivity index (χ4v) is 1.34. The Morgan fingerprint density at radius 3 is 2.29 bits per heavy atom. The molecule has 5 heteroatoms. The van der Waals surface area contributed by atoms with Crippen LogP contribution in [0.5, 0.6) is 0 Å². The Morgan fingerprint density at radius 2 is 1.82 bits per heavy atom. The van der Waals surface area contributed by atoms with Crippen molar-refractivity contribution in [3.63, 3.8) is 0 Å². The van der Waals surface area contributed by atoms with Crippen molar-refractivity contribution >= 4 is 11.8 Å². The highest BCUT2D eigenvalue weighted by Crippen LogP contribution is 2.01. The van der Waals surface area contributed by atoms with Crippen molar-refractivity contribution in [2.24, 2.45) is 0 Å². The Labute approximate surface area is 103 Å². The maximum atomic E-state index is 11.6. The third-order valence-corrected chi connectivity index (χ3v) is 2.12. The fourth-order valence-electron chi connectivity index (χ4n) is 1.34. The molecule has 0 aromatic carbocycles. The maximum absolute atomic E-state index is 11.6. The normalized spacial score (nSPS) is 11.1. The molecule has 0 heterocycles. The molecular weight excluding hydrogens is 220 g/mol. The van der Waals surface area contributed by atoms with Crippen LogP contribution in [0.1, 0.15) is 40.0 Å². The summed E-state index contributed by atoms with van der Waals surface area (Å²) in [6.07, 6.45) is 1.65. The minimum absolute atomic E-state index is 0.0671. The Morgan fingerprint density at radius 1 is 1.24 bits per heavy atom. The number of aliphatic hydroxyl groups is 1. The zero-order valence-corrected chi connectivity index (χ0v) is 11.2. The second-order valence-electron chi connectivity index (χ2n) is 5.23. The molecule has 0 aromatic heterocycles. The van der Waals surface area contributed by atoms with Crippen molar-refractivity contribution in [1.29, 1.82) is 0 Å². The van der Waals surface area contributed by atoms with Gasteiger partial charge in [0.05, 0.1) is 6.54 Å². The lowest BCUT2D eigenvalue weighted by Gasteiger charge is -2.23. The SMILES string of the molecule is CN(CC(=O)NC(C)(C)C)C(=O)CCCCO. The van der Waals surface area contributed by atoms with Gasteiger partial charge in [0.1, 0.15) is 0 Å². The van der Waals surface area contributed by atoms with Crippen molar-refractivity contribution in [3.8, 4) is 0 Å². The van der Waals surface area contributed by atoms with Gasteiger partial charge in [0.15, 0.2) is 0 Å². The summed E-state index contributed by atoms with van der Waals surface area (Å²) in [7, 11) is 1.61. The Hall–Kier alpha value is -1.10. The van der Waals surface area contributed by atoms with Crippen molar-refractivity contribution in [3.05, 3.63) is 0 Å². The molecule has 0 bridgehead atoms. The standard InChI is InChI=1S/C12H24N2O3/c1-12(2,3)13-10(16)9-14(4)11(17)7-5-6-8-15/h15H,5-9H2,1-4H3,(H,13,16). The Kier molecular flexibility index (Phi) is 6.80. The largest absolute Gasteiger partial charge is 0.396 e. The number of amides is 2. The summed E-state index contributed by atoms with van der Waals surface area (Å²) < 4.78 is 0. The van der Waals surface area contributed by atoms with Gasteiger partial charge in [-0.3, -0.25) is 9.59 Å². The molecule has 0 aromatic rings. The Bertz CT molecular complexity index is 259. The van der Waals surface area contributed by atoms with E-state index in [1.54, 1.807) is 7.05 Å². The lowest BCUT2D eigenvalue weighted by Crippen LogP contribution is -2.46. The fraction of sp³-hybridized carbons (Fsp3) is 0.833. The van der Waals surface area contributed by atoms with Crippen LogP contribution >= 0.6 is 0 Å². The first-order valence-corrected chi connectivity index (χ1v) is 5.92. The highest BCUT2D eigenvalue weighted by Gasteiger charge is 2.17. The van der Waals surface area contributed by atoms with E-state index in [0.29, 0.717) is 19.3 Å². The summed E-state index contributed by atoms with van der Waals surface area (Å²) in [5.74, 6) is -0.224. The molecule has 0 aliphatic heterocycles. The van der Waals surface area contributed by atoms with E-state index in [0.717, 1.165) is 0 Å². The quantitative estimate of drug-likeness (QED) is 0.669. The summed E-state index contributed by atoms with van der Waals surface area (Å²) in [4.78, 5) is 24.6. The lowest BCUT2D eigenvalue weighted by atomic mass is 10.1. The number of aliphatic hydroxyl groups excluding tert-OH is 1. The molecule has 0 saturated heterocycles. The van der Waals surface area contributed by atoms with Crippen LogP contribution in [0.3, 0.4) is 0 Å². The molecule has 2 amide bonds. The second kappa shape index (κ2) is 7.27. The van der Waals surface area contributed by atoms with Crippen molar-refractivity contribution in [2.75, 3.05) is 20.2 Å². The Balaban J connectivity index is 3.95. The van der Waals surface area contributed by atoms with Gasteiger partial charge < -0.3 is 15.3 Å². The molecule has 0 radical (unpaired) electrons. The highest BCUT2D eigenvalue weighted by molar-refractivity contribution is 5.84. The van der Waals surface area contributed by atoms with Crippen molar-refractivity contribution in [1.82, 2.24) is 10.2 Å². The molecule has 0 spiro atoms. The monoisotopic (exact) mass is 244 g/mol. The third kappa shape index (κ3) is 8.68. The number of hydrogen-bond donors (Lipinski definition) is 2. The topological polar surface area (TPSA) is 69.6 Å². The van der Waals surface area contributed by atoms with E-state index in [4.69, 9.17) is 5.11 Å². The number of rotatable bonds is 6. The first-order valence-electron chi connectivity index (χ1n) is 5.92. The van der Waals surface area contributed by atoms with Gasteiger partial charge in [-0.05, 0) is 33.6 Å². The van der Waals surface area contributed by atoms with Crippen LogP contribution in [-0.2, 0) is 9.59 Å². The smallest absolute Gasteiger partial charge is 0.240 e. The van der Waals surface area contributed by atoms with Crippen LogP contribution < -0.4 is 5.32 Å². The summed E-state index contributed by atoms with van der Waals surface area (Å²) in [5.41, 5.74) is -0.280. The summed E-state index contributed by atoms with van der Waals surface area (Å²) in [5, 5.41) is 11.4. The van der Waals surface area contributed by atoms with Crippen LogP contribution in [0.15, 0.2) is 0 Å². The van der Waals surface area contributed by atoms with E-state index >= 15 is 0 Å². The number of carbonyl (C=O) groups excluding carboxylic acids is 2. The van der Waals surface area contributed by atoms with Gasteiger partial charge in [0, 0.05) is 25.6 Å². The average Bonchev–Trinajstić information content (AvgIpc) is 2.14. The lowest BCUT2D eigenvalue weighted by molar-refractivity contribution is -0.135. The molecule has 2 N–H and O–H groups in total. The summed E-state index contributed by atoms with van der Waals surface area (Å²) in [6, 6.07) is 0. The maximum Gasteiger partial charge on any atom is 0.240 e. The zero-order valence-electron chi connectivity index (χ0n) is 11.2. The first kappa shape index (κ1) is 15.9. The zero-order chi connectivity index (χ0) is 13.5. The van der Waals surface area contributed by atoms with Crippen LogP contribution in [-0.4, -0.2) is 47.6 Å². The molecule has 100 valence electrons. The number of likely N-dealkylation sites (N-methyl/N-ethyl adjacent to an activating group) is 1. The molecule has 0 atom stereocenters. The molecule has 17 heavy (non-hydrogen) atoms. The van der Waals surface area contributed by atoms with Crippen molar-refractivity contribution in [2.45, 2.75) is 45.6 Å². The number of nitrogens with zero attached hydrogens (tertiary/aromatic N) is 1. The van der Waals surface area contributed by atoms with E-state index < -0.39 is 0 Å². The number of hydrogen-bond acceptors (Lipinski definition) is 3. The predicted octanol–water partition coefficient (Wildman–Crippen LogP) is 0.522. The summed E-state index contributed by atoms with van der Waals surface area (Å²) >= 11 is 0. The van der Waals surface area contributed by atoms with Crippen LogP contribution in [0.2, 0.25) is 0 Å². The number of nitrogens with one attached hydrogen (secondary N) is 1. The third-order valence-electron chi connectivity index (χ3n) is 2.12. The van der Waals surface area contributed by atoms with E-state index in [-0.39, 0.29) is 30.5 Å². The first-order chi connectivity index (χ1) is 7.76. The number of carbonyl (C=O) groups is 2. The predicted molar refractivity (Wildman–Crippen MR) is 66.5 cm³/mol. The average molecular weight is 244 g/mol. The van der Waals surface area contributed by atoms with Crippen LogP contribution in [0, 0.1) is 0 Å². The van der Waals surface area contributed by atoms with Crippen LogP contribution in [0.25, 0.3) is 0 Å². The summed E-state index contributed by atoms with van der Waals surface area (Å²) in [6.45, 7) is 5.87. The molecule has 5 nitrogen and oxygen atoms in total. The molecule has 0 rings (SSSR count). The molecule has 0 aliphatic rings. The number of unbranched alkanes of at least 4 members (excludes halogenated alkanes) is 1. The van der Waals surface area contributed by atoms with Gasteiger partial charge in [0.2, 0.25) is 11.8 Å². The minimum Gasteiger partial charge on any atom is -0.396 e. The molecule has 0 saturated carbocycles. The minimum atomic E-state index is -0.280. The van der Waals surface area contributed by atoms with E-state index in [2.05, 4.69) is 5.32 Å². The van der Waals surface area contributed by atoms with Gasteiger partial charge >= 0.3 is 0 Å². The van der Waals surface area contributed by atoms with Gasteiger partial charge in [-0.15, -0.1) is 0 Å². The molecule has 0 unspecified atom stereocenters. The molecular formula is C12H24N2O3. The molecule has 0 fully saturated rings.